The van der Waals surface area contributed by atoms with E-state index in [-0.39, 0.29) is 23.9 Å². The molecule has 1 N–H and O–H groups in total. The van der Waals surface area contributed by atoms with E-state index in [2.05, 4.69) is 10.4 Å². The van der Waals surface area contributed by atoms with Crippen LogP contribution < -0.4 is 5.32 Å². The molecule has 1 saturated heterocycles. The maximum atomic E-state index is 13.1. The van der Waals surface area contributed by atoms with Crippen LogP contribution in [0, 0.1) is 11.7 Å². The highest BCUT2D eigenvalue weighted by Crippen LogP contribution is 2.24. The Balaban J connectivity index is 1.64. The van der Waals surface area contributed by atoms with Crippen molar-refractivity contribution < 1.29 is 17.6 Å². The van der Waals surface area contributed by atoms with Gasteiger partial charge in [-0.2, -0.15) is 9.40 Å². The van der Waals surface area contributed by atoms with Gasteiger partial charge in [0.2, 0.25) is 15.9 Å². The number of aryl methyl sites for hydroxylation is 1. The molecule has 2 heterocycles. The number of carbonyl (C=O) groups excluding carboxylic acids is 1. The number of benzene rings is 1. The number of hydrogen-bond acceptors (Lipinski definition) is 4. The Morgan fingerprint density at radius 3 is 2.71 bits per heavy atom. The summed E-state index contributed by atoms with van der Waals surface area (Å²) in [6.07, 6.45) is 2.86. The van der Waals surface area contributed by atoms with Gasteiger partial charge in [-0.25, -0.2) is 12.8 Å². The second-order valence-corrected chi connectivity index (χ2v) is 9.00. The SMILES string of the molecule is CCn1cc(Cl)c(CNC(=O)[C@H]2CCCN(S(=O)(=O)c3ccc(F)cc3)C2)n1. The van der Waals surface area contributed by atoms with Crippen LogP contribution in [0.15, 0.2) is 35.4 Å². The van der Waals surface area contributed by atoms with E-state index in [1.807, 2.05) is 6.92 Å². The first kappa shape index (κ1) is 20.8. The van der Waals surface area contributed by atoms with E-state index in [4.69, 9.17) is 11.6 Å². The van der Waals surface area contributed by atoms with Crippen molar-refractivity contribution in [3.63, 3.8) is 0 Å². The summed E-state index contributed by atoms with van der Waals surface area (Å²) in [6, 6.07) is 4.70. The van der Waals surface area contributed by atoms with Crippen LogP contribution in [0.2, 0.25) is 5.02 Å². The van der Waals surface area contributed by atoms with Crippen molar-refractivity contribution in [1.29, 1.82) is 0 Å². The van der Waals surface area contributed by atoms with E-state index < -0.39 is 21.8 Å². The third-order valence-corrected chi connectivity index (χ3v) is 6.94. The number of carbonyl (C=O) groups is 1. The molecule has 1 aliphatic rings. The fraction of sp³-hybridized carbons (Fsp3) is 0.444. The minimum atomic E-state index is -3.77. The number of halogens is 2. The van der Waals surface area contributed by atoms with Crippen molar-refractivity contribution in [1.82, 2.24) is 19.4 Å². The molecular weight excluding hydrogens is 407 g/mol. The van der Waals surface area contributed by atoms with Crippen molar-refractivity contribution in [2.75, 3.05) is 13.1 Å². The molecule has 7 nitrogen and oxygen atoms in total. The first-order valence-corrected chi connectivity index (χ1v) is 10.9. The molecule has 1 amide bonds. The molecule has 2 aromatic rings. The fourth-order valence-corrected chi connectivity index (χ4v) is 4.91. The molecule has 152 valence electrons. The average Bonchev–Trinajstić information content (AvgIpc) is 3.06. The number of amides is 1. The van der Waals surface area contributed by atoms with E-state index in [0.717, 1.165) is 12.1 Å². The molecular formula is C18H22ClFN4O3S. The molecule has 0 unspecified atom stereocenters. The van der Waals surface area contributed by atoms with Crippen molar-refractivity contribution in [2.24, 2.45) is 5.92 Å². The molecule has 1 aliphatic heterocycles. The predicted molar refractivity (Wildman–Crippen MR) is 103 cm³/mol. The van der Waals surface area contributed by atoms with E-state index in [1.54, 1.807) is 10.9 Å². The Morgan fingerprint density at radius 1 is 1.36 bits per heavy atom. The summed E-state index contributed by atoms with van der Waals surface area (Å²) >= 11 is 6.11. The lowest BCUT2D eigenvalue weighted by Crippen LogP contribution is -2.45. The molecule has 1 fully saturated rings. The Kier molecular flexibility index (Phi) is 6.36. The highest BCUT2D eigenvalue weighted by atomic mass is 35.5. The third-order valence-electron chi connectivity index (χ3n) is 4.75. The fourth-order valence-electron chi connectivity index (χ4n) is 3.16. The van der Waals surface area contributed by atoms with Gasteiger partial charge in [0.05, 0.1) is 22.4 Å². The van der Waals surface area contributed by atoms with Crippen LogP contribution in [0.1, 0.15) is 25.5 Å². The number of hydrogen-bond donors (Lipinski definition) is 1. The molecule has 3 rings (SSSR count). The maximum absolute atomic E-state index is 13.1. The largest absolute Gasteiger partial charge is 0.350 e. The molecule has 1 aromatic carbocycles. The van der Waals surface area contributed by atoms with Gasteiger partial charge in [0.25, 0.3) is 0 Å². The molecule has 0 saturated carbocycles. The third kappa shape index (κ3) is 4.53. The zero-order valence-electron chi connectivity index (χ0n) is 15.4. The van der Waals surface area contributed by atoms with Gasteiger partial charge in [-0.3, -0.25) is 9.48 Å². The van der Waals surface area contributed by atoms with Crippen LogP contribution in [0.25, 0.3) is 0 Å². The number of rotatable bonds is 6. The molecule has 0 radical (unpaired) electrons. The zero-order valence-corrected chi connectivity index (χ0v) is 17.0. The summed E-state index contributed by atoms with van der Waals surface area (Å²) < 4.78 is 41.6. The van der Waals surface area contributed by atoms with Crippen LogP contribution in [0.4, 0.5) is 4.39 Å². The molecule has 28 heavy (non-hydrogen) atoms. The highest BCUT2D eigenvalue weighted by Gasteiger charge is 2.33. The summed E-state index contributed by atoms with van der Waals surface area (Å²) in [4.78, 5) is 12.6. The van der Waals surface area contributed by atoms with Gasteiger partial charge in [0, 0.05) is 25.8 Å². The Hall–Kier alpha value is -1.97. The number of piperidine rings is 1. The molecule has 0 aliphatic carbocycles. The quantitative estimate of drug-likeness (QED) is 0.765. The standard InChI is InChI=1S/C18H22ClFN4O3S/c1-2-23-12-16(19)17(22-23)10-21-18(25)13-4-3-9-24(11-13)28(26,27)15-7-5-14(20)6-8-15/h5-8,12-13H,2-4,9-11H2,1H3,(H,21,25)/t13-/m0/s1. The minimum Gasteiger partial charge on any atom is -0.350 e. The second kappa shape index (κ2) is 8.59. The van der Waals surface area contributed by atoms with Crippen LogP contribution in [0.5, 0.6) is 0 Å². The van der Waals surface area contributed by atoms with Crippen LogP contribution >= 0.6 is 11.6 Å². The van der Waals surface area contributed by atoms with Crippen LogP contribution in [-0.2, 0) is 27.9 Å². The summed E-state index contributed by atoms with van der Waals surface area (Å²) in [5.74, 6) is -1.20. The van der Waals surface area contributed by atoms with Crippen LogP contribution in [0.3, 0.4) is 0 Å². The zero-order chi connectivity index (χ0) is 20.3. The normalized spacial score (nSPS) is 18.2. The second-order valence-electron chi connectivity index (χ2n) is 6.65. The van der Waals surface area contributed by atoms with Gasteiger partial charge < -0.3 is 5.32 Å². The van der Waals surface area contributed by atoms with Gasteiger partial charge in [-0.1, -0.05) is 11.6 Å². The predicted octanol–water partition coefficient (Wildman–Crippen LogP) is 2.41. The summed E-state index contributed by atoms with van der Waals surface area (Å²) in [6.45, 7) is 3.21. The molecule has 1 atom stereocenters. The van der Waals surface area contributed by atoms with E-state index in [0.29, 0.717) is 36.6 Å². The molecule has 0 bridgehead atoms. The Bertz CT molecular complexity index is 946. The van der Waals surface area contributed by atoms with Gasteiger partial charge in [0.15, 0.2) is 0 Å². The Morgan fingerprint density at radius 2 is 2.07 bits per heavy atom. The molecule has 1 aromatic heterocycles. The summed E-state index contributed by atoms with van der Waals surface area (Å²) in [5.41, 5.74) is 0.573. The van der Waals surface area contributed by atoms with Gasteiger partial charge in [-0.15, -0.1) is 0 Å². The van der Waals surface area contributed by atoms with Gasteiger partial charge in [0.1, 0.15) is 11.5 Å². The number of sulfonamides is 1. The lowest BCUT2D eigenvalue weighted by Gasteiger charge is -2.31. The lowest BCUT2D eigenvalue weighted by atomic mass is 9.99. The first-order chi connectivity index (χ1) is 13.3. The van der Waals surface area contributed by atoms with E-state index in [9.17, 15) is 17.6 Å². The number of aromatic nitrogens is 2. The molecule has 0 spiro atoms. The summed E-state index contributed by atoms with van der Waals surface area (Å²) in [7, 11) is -3.77. The Labute approximate surface area is 168 Å². The minimum absolute atomic E-state index is 0.0202. The highest BCUT2D eigenvalue weighted by molar-refractivity contribution is 7.89. The van der Waals surface area contributed by atoms with Crippen LogP contribution in [-0.4, -0.2) is 41.5 Å². The lowest BCUT2D eigenvalue weighted by molar-refractivity contribution is -0.126. The number of nitrogens with one attached hydrogen (secondary N) is 1. The smallest absolute Gasteiger partial charge is 0.243 e. The van der Waals surface area contributed by atoms with E-state index in [1.165, 1.54) is 16.4 Å². The topological polar surface area (TPSA) is 84.3 Å². The van der Waals surface area contributed by atoms with Crippen molar-refractivity contribution in [3.8, 4) is 0 Å². The number of nitrogens with zero attached hydrogens (tertiary/aromatic N) is 3. The monoisotopic (exact) mass is 428 g/mol. The average molecular weight is 429 g/mol. The maximum Gasteiger partial charge on any atom is 0.243 e. The van der Waals surface area contributed by atoms with E-state index >= 15 is 0 Å². The van der Waals surface area contributed by atoms with Gasteiger partial charge >= 0.3 is 0 Å². The van der Waals surface area contributed by atoms with Crippen molar-refractivity contribution >= 4 is 27.5 Å². The molecule has 10 heteroatoms. The van der Waals surface area contributed by atoms with Crippen molar-refractivity contribution in [3.05, 3.63) is 47.0 Å². The first-order valence-electron chi connectivity index (χ1n) is 9.06. The van der Waals surface area contributed by atoms with Gasteiger partial charge in [-0.05, 0) is 44.0 Å². The van der Waals surface area contributed by atoms with Crippen molar-refractivity contribution in [2.45, 2.75) is 37.8 Å². The summed E-state index contributed by atoms with van der Waals surface area (Å²) in [5, 5.41) is 7.55.